The van der Waals surface area contributed by atoms with Gasteiger partial charge in [-0.15, -0.1) is 11.8 Å². The van der Waals surface area contributed by atoms with Crippen molar-refractivity contribution in [1.82, 2.24) is 0 Å². The maximum Gasteiger partial charge on any atom is 0.143 e. The number of ether oxygens (including phenoxy) is 1. The molecule has 0 heterocycles. The largest absolute Gasteiger partial charge is 0.385 e. The minimum Gasteiger partial charge on any atom is -0.385 e. The summed E-state index contributed by atoms with van der Waals surface area (Å²) in [4.78, 5) is 12.5. The van der Waals surface area contributed by atoms with E-state index in [1.807, 2.05) is 24.3 Å². The molecule has 0 saturated carbocycles. The molecule has 0 aliphatic carbocycles. The van der Waals surface area contributed by atoms with Gasteiger partial charge in [-0.25, -0.2) is 0 Å². The summed E-state index contributed by atoms with van der Waals surface area (Å²) in [7, 11) is 1.64. The lowest BCUT2D eigenvalue weighted by Gasteiger charge is -2.02. The van der Waals surface area contributed by atoms with Crippen molar-refractivity contribution in [2.45, 2.75) is 17.7 Å². The molecule has 0 fully saturated rings. The third-order valence-electron chi connectivity index (χ3n) is 2.00. The molecular weight excluding hydrogens is 244 g/mol. The number of ketones is 1. The second kappa shape index (κ2) is 7.71. The highest BCUT2D eigenvalue weighted by Gasteiger charge is 2.03. The zero-order valence-electron chi connectivity index (χ0n) is 9.24. The zero-order chi connectivity index (χ0) is 11.8. The number of carbonyl (C=O) groups is 1. The van der Waals surface area contributed by atoms with Gasteiger partial charge in [-0.1, -0.05) is 17.7 Å². The van der Waals surface area contributed by atoms with Crippen LogP contribution in [0.25, 0.3) is 0 Å². The van der Waals surface area contributed by atoms with Crippen LogP contribution >= 0.6 is 23.4 Å². The lowest BCUT2D eigenvalue weighted by Crippen LogP contribution is -2.03. The minimum absolute atomic E-state index is 0.252. The average molecular weight is 259 g/mol. The number of halogens is 1. The van der Waals surface area contributed by atoms with Crippen LogP contribution < -0.4 is 0 Å². The van der Waals surface area contributed by atoms with Gasteiger partial charge in [0, 0.05) is 30.1 Å². The summed E-state index contributed by atoms with van der Waals surface area (Å²) >= 11 is 7.37. The molecule has 88 valence electrons. The van der Waals surface area contributed by atoms with Crippen LogP contribution in [0.1, 0.15) is 12.8 Å². The van der Waals surface area contributed by atoms with Gasteiger partial charge in [0.1, 0.15) is 5.78 Å². The van der Waals surface area contributed by atoms with E-state index in [0.29, 0.717) is 23.8 Å². The van der Waals surface area contributed by atoms with E-state index >= 15 is 0 Å². The minimum atomic E-state index is 0.252. The fourth-order valence-electron chi connectivity index (χ4n) is 1.21. The Bertz CT molecular complexity index is 342. The van der Waals surface area contributed by atoms with Crippen LogP contribution in [0, 0.1) is 0 Å². The number of Topliss-reactive ketones (excluding diaryl/α,β-unsaturated/α-hetero) is 1. The highest BCUT2D eigenvalue weighted by molar-refractivity contribution is 8.00. The van der Waals surface area contributed by atoms with Crippen LogP contribution in [0.2, 0.25) is 5.02 Å². The fourth-order valence-corrected chi connectivity index (χ4v) is 2.32. The predicted molar refractivity (Wildman–Crippen MR) is 68.3 cm³/mol. The number of carbonyl (C=O) groups excluding carboxylic acids is 1. The molecule has 0 aromatic heterocycles. The molecule has 0 N–H and O–H groups in total. The number of thioether (sulfide) groups is 1. The molecule has 1 aromatic carbocycles. The predicted octanol–water partition coefficient (Wildman–Crippen LogP) is 3.43. The lowest BCUT2D eigenvalue weighted by atomic mass is 10.2. The number of hydrogen-bond donors (Lipinski definition) is 0. The summed E-state index contributed by atoms with van der Waals surface area (Å²) in [5.41, 5.74) is 0. The van der Waals surface area contributed by atoms with E-state index in [1.165, 1.54) is 11.8 Å². The van der Waals surface area contributed by atoms with E-state index < -0.39 is 0 Å². The molecule has 0 bridgehead atoms. The molecule has 0 aliphatic heterocycles. The smallest absolute Gasteiger partial charge is 0.143 e. The normalized spacial score (nSPS) is 10.4. The van der Waals surface area contributed by atoms with Gasteiger partial charge in [0.25, 0.3) is 0 Å². The summed E-state index contributed by atoms with van der Waals surface area (Å²) in [6.45, 7) is 0.646. The van der Waals surface area contributed by atoms with E-state index in [0.717, 1.165) is 11.3 Å². The first-order chi connectivity index (χ1) is 7.72. The van der Waals surface area contributed by atoms with Gasteiger partial charge >= 0.3 is 0 Å². The topological polar surface area (TPSA) is 26.3 Å². The van der Waals surface area contributed by atoms with Gasteiger partial charge in [-0.3, -0.25) is 4.79 Å². The van der Waals surface area contributed by atoms with Gasteiger partial charge in [0.15, 0.2) is 0 Å². The van der Waals surface area contributed by atoms with Crippen LogP contribution in [-0.4, -0.2) is 25.3 Å². The van der Waals surface area contributed by atoms with Crippen LogP contribution in [0.3, 0.4) is 0 Å². The van der Waals surface area contributed by atoms with Crippen LogP contribution in [0.15, 0.2) is 29.2 Å². The molecule has 0 amide bonds. The Morgan fingerprint density at radius 3 is 3.00 bits per heavy atom. The van der Waals surface area contributed by atoms with Crippen molar-refractivity contribution in [3.63, 3.8) is 0 Å². The Balaban J connectivity index is 2.26. The first-order valence-electron chi connectivity index (χ1n) is 5.11. The molecular formula is C12H15ClO2S. The molecule has 0 atom stereocenters. The summed E-state index contributed by atoms with van der Waals surface area (Å²) in [6, 6.07) is 7.54. The maximum absolute atomic E-state index is 11.5. The number of methoxy groups -OCH3 is 1. The molecule has 0 unspecified atom stereocenters. The van der Waals surface area contributed by atoms with E-state index in [2.05, 4.69) is 0 Å². The van der Waals surface area contributed by atoms with Crippen LogP contribution in [0.4, 0.5) is 0 Å². The summed E-state index contributed by atoms with van der Waals surface area (Å²) < 4.78 is 4.89. The van der Waals surface area contributed by atoms with Crippen molar-refractivity contribution >= 4 is 29.1 Å². The first-order valence-corrected chi connectivity index (χ1v) is 6.47. The van der Waals surface area contributed by atoms with Crippen molar-refractivity contribution in [1.29, 1.82) is 0 Å². The van der Waals surface area contributed by atoms with E-state index in [9.17, 15) is 4.79 Å². The quantitative estimate of drug-likeness (QED) is 0.554. The summed E-state index contributed by atoms with van der Waals surface area (Å²) in [5.74, 6) is 0.756. The third-order valence-corrected chi connectivity index (χ3v) is 3.29. The van der Waals surface area contributed by atoms with Gasteiger partial charge < -0.3 is 4.74 Å². The zero-order valence-corrected chi connectivity index (χ0v) is 10.8. The second-order valence-electron chi connectivity index (χ2n) is 3.38. The molecule has 0 spiro atoms. The van der Waals surface area contributed by atoms with Crippen molar-refractivity contribution in [3.05, 3.63) is 29.3 Å². The highest BCUT2D eigenvalue weighted by Crippen LogP contribution is 2.21. The maximum atomic E-state index is 11.5. The standard InChI is InChI=1S/C12H15ClO2S/c1-15-7-3-5-11(14)9-16-12-6-2-4-10(13)8-12/h2,4,6,8H,3,5,7,9H2,1H3. The number of hydrogen-bond acceptors (Lipinski definition) is 3. The van der Waals surface area contributed by atoms with Gasteiger partial charge in [-0.2, -0.15) is 0 Å². The van der Waals surface area contributed by atoms with Crippen molar-refractivity contribution in [3.8, 4) is 0 Å². The average Bonchev–Trinajstić information content (AvgIpc) is 2.27. The Hall–Kier alpha value is -0.510. The SMILES string of the molecule is COCCCC(=O)CSc1cccc(Cl)c1. The molecule has 1 aromatic rings. The van der Waals surface area contributed by atoms with Crippen LogP contribution in [-0.2, 0) is 9.53 Å². The van der Waals surface area contributed by atoms with Crippen molar-refractivity contribution in [2.75, 3.05) is 19.5 Å². The third kappa shape index (κ3) is 5.54. The first kappa shape index (κ1) is 13.6. The van der Waals surface area contributed by atoms with E-state index in [1.54, 1.807) is 7.11 Å². The summed E-state index contributed by atoms with van der Waals surface area (Å²) in [6.07, 6.45) is 1.38. The molecule has 16 heavy (non-hydrogen) atoms. The molecule has 4 heteroatoms. The number of benzene rings is 1. The molecule has 0 radical (unpaired) electrons. The second-order valence-corrected chi connectivity index (χ2v) is 4.87. The Morgan fingerprint density at radius 2 is 2.31 bits per heavy atom. The molecule has 0 aliphatic rings. The lowest BCUT2D eigenvalue weighted by molar-refractivity contribution is -0.116. The monoisotopic (exact) mass is 258 g/mol. The molecule has 2 nitrogen and oxygen atoms in total. The van der Waals surface area contributed by atoms with Crippen molar-refractivity contribution in [2.24, 2.45) is 0 Å². The van der Waals surface area contributed by atoms with Crippen LogP contribution in [0.5, 0.6) is 0 Å². The number of rotatable bonds is 7. The highest BCUT2D eigenvalue weighted by atomic mass is 35.5. The van der Waals surface area contributed by atoms with Crippen molar-refractivity contribution < 1.29 is 9.53 Å². The van der Waals surface area contributed by atoms with E-state index in [4.69, 9.17) is 16.3 Å². The Kier molecular flexibility index (Phi) is 6.53. The Labute approximate surface area is 105 Å². The Morgan fingerprint density at radius 1 is 1.50 bits per heavy atom. The van der Waals surface area contributed by atoms with Gasteiger partial charge in [-0.05, 0) is 24.6 Å². The molecule has 0 saturated heterocycles. The van der Waals surface area contributed by atoms with Gasteiger partial charge in [0.2, 0.25) is 0 Å². The summed E-state index contributed by atoms with van der Waals surface area (Å²) in [5, 5.41) is 0.705. The fraction of sp³-hybridized carbons (Fsp3) is 0.417. The van der Waals surface area contributed by atoms with E-state index in [-0.39, 0.29) is 5.78 Å². The van der Waals surface area contributed by atoms with Gasteiger partial charge in [0.05, 0.1) is 5.75 Å². The molecule has 1 rings (SSSR count).